The number of anilines is 2. The van der Waals surface area contributed by atoms with E-state index < -0.39 is 0 Å². The molecule has 3 aromatic rings. The molecular formula is C18H17N3O3S. The van der Waals surface area contributed by atoms with Crippen molar-refractivity contribution in [3.8, 4) is 5.75 Å². The van der Waals surface area contributed by atoms with Crippen molar-refractivity contribution in [2.24, 2.45) is 0 Å². The molecule has 0 unspecified atom stereocenters. The SMILES string of the molecule is COc1cc(NC(=O)c2ccc(C)cc2)cc2sc(NC(C)=O)nc12. The number of carbonyl (C=O) groups excluding carboxylic acids is 2. The quantitative estimate of drug-likeness (QED) is 0.745. The summed E-state index contributed by atoms with van der Waals surface area (Å²) >= 11 is 1.32. The number of nitrogens with zero attached hydrogens (tertiary/aromatic N) is 1. The normalized spacial score (nSPS) is 10.5. The zero-order valence-corrected chi connectivity index (χ0v) is 14.9. The summed E-state index contributed by atoms with van der Waals surface area (Å²) in [5.74, 6) is 0.142. The molecule has 128 valence electrons. The lowest BCUT2D eigenvalue weighted by molar-refractivity contribution is -0.114. The summed E-state index contributed by atoms with van der Waals surface area (Å²) in [5, 5.41) is 6.02. The van der Waals surface area contributed by atoms with Gasteiger partial charge in [0.1, 0.15) is 11.3 Å². The molecule has 6 nitrogen and oxygen atoms in total. The Kier molecular flexibility index (Phi) is 4.67. The summed E-state index contributed by atoms with van der Waals surface area (Å²) < 4.78 is 6.18. The largest absolute Gasteiger partial charge is 0.494 e. The van der Waals surface area contributed by atoms with Crippen molar-refractivity contribution in [1.82, 2.24) is 4.98 Å². The van der Waals surface area contributed by atoms with Crippen LogP contribution in [0, 0.1) is 6.92 Å². The molecule has 25 heavy (non-hydrogen) atoms. The molecule has 3 rings (SSSR count). The van der Waals surface area contributed by atoms with Crippen LogP contribution in [0.3, 0.4) is 0 Å². The van der Waals surface area contributed by atoms with Gasteiger partial charge in [0.25, 0.3) is 5.91 Å². The highest BCUT2D eigenvalue weighted by atomic mass is 32.1. The fraction of sp³-hybridized carbons (Fsp3) is 0.167. The lowest BCUT2D eigenvalue weighted by Crippen LogP contribution is -2.11. The Bertz CT molecular complexity index is 948. The molecule has 0 aliphatic rings. The highest BCUT2D eigenvalue weighted by Gasteiger charge is 2.14. The number of methoxy groups -OCH3 is 1. The van der Waals surface area contributed by atoms with Gasteiger partial charge >= 0.3 is 0 Å². The molecule has 0 saturated heterocycles. The number of aryl methyl sites for hydroxylation is 1. The maximum Gasteiger partial charge on any atom is 0.255 e. The van der Waals surface area contributed by atoms with Gasteiger partial charge in [-0.2, -0.15) is 0 Å². The number of ether oxygens (including phenoxy) is 1. The van der Waals surface area contributed by atoms with E-state index >= 15 is 0 Å². The first kappa shape index (κ1) is 16.9. The van der Waals surface area contributed by atoms with Crippen molar-refractivity contribution in [2.45, 2.75) is 13.8 Å². The molecule has 0 aliphatic heterocycles. The number of fused-ring (bicyclic) bond motifs is 1. The van der Waals surface area contributed by atoms with Crippen molar-refractivity contribution in [2.75, 3.05) is 17.7 Å². The second-order valence-electron chi connectivity index (χ2n) is 5.55. The Morgan fingerprint density at radius 3 is 2.48 bits per heavy atom. The minimum Gasteiger partial charge on any atom is -0.494 e. The Balaban J connectivity index is 1.92. The van der Waals surface area contributed by atoms with Crippen LogP contribution in [-0.2, 0) is 4.79 Å². The number of hydrogen-bond acceptors (Lipinski definition) is 5. The van der Waals surface area contributed by atoms with Crippen LogP contribution in [0.5, 0.6) is 5.75 Å². The van der Waals surface area contributed by atoms with Gasteiger partial charge in [-0.15, -0.1) is 0 Å². The number of nitrogens with one attached hydrogen (secondary N) is 2. The highest BCUT2D eigenvalue weighted by Crippen LogP contribution is 2.35. The number of rotatable bonds is 4. The van der Waals surface area contributed by atoms with Crippen LogP contribution in [-0.4, -0.2) is 23.9 Å². The number of benzene rings is 2. The number of thiazole rings is 1. The van der Waals surface area contributed by atoms with Gasteiger partial charge in [0.2, 0.25) is 5.91 Å². The molecule has 0 atom stereocenters. The monoisotopic (exact) mass is 355 g/mol. The molecule has 0 bridgehead atoms. The van der Waals surface area contributed by atoms with E-state index in [1.165, 1.54) is 25.4 Å². The van der Waals surface area contributed by atoms with Gasteiger partial charge in [-0.1, -0.05) is 29.0 Å². The maximum atomic E-state index is 12.4. The molecule has 2 amide bonds. The number of aromatic nitrogens is 1. The first-order chi connectivity index (χ1) is 12.0. The number of hydrogen-bond donors (Lipinski definition) is 2. The molecule has 2 N–H and O–H groups in total. The van der Waals surface area contributed by atoms with Crippen molar-refractivity contribution in [1.29, 1.82) is 0 Å². The first-order valence-corrected chi connectivity index (χ1v) is 8.42. The minimum absolute atomic E-state index is 0.189. The lowest BCUT2D eigenvalue weighted by Gasteiger charge is -2.08. The molecule has 0 fully saturated rings. The van der Waals surface area contributed by atoms with Gasteiger partial charge in [-0.05, 0) is 25.1 Å². The smallest absolute Gasteiger partial charge is 0.255 e. The van der Waals surface area contributed by atoms with Crippen molar-refractivity contribution in [3.63, 3.8) is 0 Å². The molecule has 0 aliphatic carbocycles. The second kappa shape index (κ2) is 6.90. The third-order valence-electron chi connectivity index (χ3n) is 3.53. The van der Waals surface area contributed by atoms with E-state index in [2.05, 4.69) is 15.6 Å². The van der Waals surface area contributed by atoms with Crippen molar-refractivity contribution >= 4 is 44.2 Å². The highest BCUT2D eigenvalue weighted by molar-refractivity contribution is 7.22. The van der Waals surface area contributed by atoms with E-state index in [9.17, 15) is 9.59 Å². The Morgan fingerprint density at radius 1 is 1.12 bits per heavy atom. The minimum atomic E-state index is -0.201. The van der Waals surface area contributed by atoms with Crippen LogP contribution in [0.25, 0.3) is 10.2 Å². The summed E-state index contributed by atoms with van der Waals surface area (Å²) in [7, 11) is 1.54. The predicted molar refractivity (Wildman–Crippen MR) is 99.6 cm³/mol. The van der Waals surface area contributed by atoms with Crippen LogP contribution in [0.4, 0.5) is 10.8 Å². The van der Waals surface area contributed by atoms with Crippen LogP contribution < -0.4 is 15.4 Å². The zero-order valence-electron chi connectivity index (χ0n) is 14.0. The third kappa shape index (κ3) is 3.77. The van der Waals surface area contributed by atoms with E-state index in [1.54, 1.807) is 18.2 Å². The summed E-state index contributed by atoms with van der Waals surface area (Å²) in [6.45, 7) is 3.40. The first-order valence-electron chi connectivity index (χ1n) is 7.60. The van der Waals surface area contributed by atoms with Gasteiger partial charge < -0.3 is 15.4 Å². The number of amides is 2. The summed E-state index contributed by atoms with van der Waals surface area (Å²) in [6.07, 6.45) is 0. The molecule has 0 spiro atoms. The Hall–Kier alpha value is -2.93. The van der Waals surface area contributed by atoms with Gasteiger partial charge in [0.05, 0.1) is 11.8 Å². The average molecular weight is 355 g/mol. The molecular weight excluding hydrogens is 338 g/mol. The maximum absolute atomic E-state index is 12.4. The van der Waals surface area contributed by atoms with Crippen LogP contribution >= 0.6 is 11.3 Å². The van der Waals surface area contributed by atoms with E-state index in [0.717, 1.165) is 10.3 Å². The van der Waals surface area contributed by atoms with Crippen LogP contribution in [0.15, 0.2) is 36.4 Å². The fourth-order valence-electron chi connectivity index (χ4n) is 2.34. The predicted octanol–water partition coefficient (Wildman–Crippen LogP) is 3.82. The Labute approximate surface area is 148 Å². The fourth-order valence-corrected chi connectivity index (χ4v) is 3.31. The lowest BCUT2D eigenvalue weighted by atomic mass is 10.1. The van der Waals surface area contributed by atoms with Crippen molar-refractivity contribution < 1.29 is 14.3 Å². The van der Waals surface area contributed by atoms with Crippen LogP contribution in [0.2, 0.25) is 0 Å². The molecule has 0 saturated carbocycles. The summed E-state index contributed by atoms with van der Waals surface area (Å²) in [5.41, 5.74) is 2.92. The topological polar surface area (TPSA) is 80.3 Å². The molecule has 1 heterocycles. The van der Waals surface area contributed by atoms with E-state index in [-0.39, 0.29) is 11.8 Å². The van der Waals surface area contributed by atoms with Crippen molar-refractivity contribution in [3.05, 3.63) is 47.5 Å². The van der Waals surface area contributed by atoms with Gasteiger partial charge in [0.15, 0.2) is 5.13 Å². The molecule has 2 aromatic carbocycles. The summed E-state index contributed by atoms with van der Waals surface area (Å²) in [4.78, 5) is 28.0. The van der Waals surface area contributed by atoms with Gasteiger partial charge in [-0.3, -0.25) is 9.59 Å². The molecule has 0 radical (unpaired) electrons. The third-order valence-corrected chi connectivity index (χ3v) is 4.45. The average Bonchev–Trinajstić information content (AvgIpc) is 2.96. The van der Waals surface area contributed by atoms with Gasteiger partial charge in [0, 0.05) is 24.2 Å². The molecule has 1 aromatic heterocycles. The Morgan fingerprint density at radius 2 is 1.84 bits per heavy atom. The molecule has 7 heteroatoms. The van der Waals surface area contributed by atoms with Gasteiger partial charge in [-0.25, -0.2) is 4.98 Å². The van der Waals surface area contributed by atoms with E-state index in [0.29, 0.717) is 27.6 Å². The zero-order chi connectivity index (χ0) is 18.0. The second-order valence-corrected chi connectivity index (χ2v) is 6.58. The summed E-state index contributed by atoms with van der Waals surface area (Å²) in [6, 6.07) is 10.9. The van der Waals surface area contributed by atoms with E-state index in [4.69, 9.17) is 4.74 Å². The van der Waals surface area contributed by atoms with E-state index in [1.807, 2.05) is 25.1 Å². The standard InChI is InChI=1S/C18H17N3O3S/c1-10-4-6-12(7-5-10)17(23)20-13-8-14(24-3)16-15(9-13)25-18(21-16)19-11(2)22/h4-9H,1-3H3,(H,20,23)(H,19,21,22). The van der Waals surface area contributed by atoms with Crippen LogP contribution in [0.1, 0.15) is 22.8 Å². The number of carbonyl (C=O) groups is 2.